The number of aromatic nitrogens is 2. The summed E-state index contributed by atoms with van der Waals surface area (Å²) >= 11 is 0. The lowest BCUT2D eigenvalue weighted by molar-refractivity contribution is -0.259. The number of carbonyl (C=O) groups excluding carboxylic acids is 2. The van der Waals surface area contributed by atoms with E-state index in [4.69, 9.17) is 14.3 Å². The number of ether oxygens (including phenoxy) is 2. The number of hydrogen-bond acceptors (Lipinski definition) is 18. The SMILES string of the molecule is O=C1C=CC(=O)N1CCCCON=C[C@H]1O[C@H](OP(=O)(O)OP(=O)(O)OCC2OC(n3ccc(=O)[nH]c3=O)C(O)[C@H]2O)[C@H](O)[C@@H](O)[C@H]1O. The number of nitrogens with zero attached hydrogens (tertiary/aromatic N) is 3. The molecule has 2 saturated heterocycles. The van der Waals surface area contributed by atoms with Crippen LogP contribution in [-0.4, -0.2) is 137 Å². The third kappa shape index (κ3) is 9.37. The zero-order chi connectivity index (χ0) is 35.4. The Hall–Kier alpha value is -2.99. The Balaban J connectivity index is 1.26. The van der Waals surface area contributed by atoms with Gasteiger partial charge in [-0.05, 0) is 12.8 Å². The van der Waals surface area contributed by atoms with Crippen molar-refractivity contribution in [3.8, 4) is 0 Å². The minimum absolute atomic E-state index is 0.0201. The zero-order valence-corrected chi connectivity index (χ0v) is 26.2. The Labute approximate surface area is 268 Å². The minimum atomic E-state index is -5.69. The molecule has 3 aliphatic heterocycles. The molecule has 0 aromatic carbocycles. The lowest BCUT2D eigenvalue weighted by Crippen LogP contribution is -2.58. The molecule has 23 nitrogen and oxygen atoms in total. The summed E-state index contributed by atoms with van der Waals surface area (Å²) in [6.07, 6.45) is -12.0. The fourth-order valence-corrected chi connectivity index (χ4v) is 6.68. The molecule has 0 radical (unpaired) electrons. The Kier molecular flexibility index (Phi) is 12.4. The standard InChI is InChI=1S/C23H32N4O19P2/c28-13-5-7-27(23(36)25-13)21-19(34)17(32)12(43-21)10-42-47(37,38)46-48(39,40)45-22-20(35)18(33)16(31)11(44-22)9-24-41-8-2-1-6-26-14(29)3-4-15(26)30/h3-5,7,9,11-12,16-22,31-35H,1-2,6,8,10H2,(H,37,38)(H,39,40)(H,25,28,36)/t11-,12?,16+,17+,18+,19?,20-,21?,22-/m1/s1. The number of amides is 2. The summed E-state index contributed by atoms with van der Waals surface area (Å²) in [7, 11) is -11.3. The molecule has 25 heteroatoms. The van der Waals surface area contributed by atoms with E-state index in [0.29, 0.717) is 17.4 Å². The number of hydrogen-bond donors (Lipinski definition) is 8. The quantitative estimate of drug-likeness (QED) is 0.0280. The molecule has 8 N–H and O–H groups in total. The molecule has 5 unspecified atom stereocenters. The van der Waals surface area contributed by atoms with Gasteiger partial charge in [-0.3, -0.25) is 37.9 Å². The Bertz CT molecular complexity index is 1580. The average molecular weight is 730 g/mol. The Morgan fingerprint density at radius 1 is 0.896 bits per heavy atom. The number of carbonyl (C=O) groups is 2. The summed E-state index contributed by atoms with van der Waals surface area (Å²) in [6, 6.07) is 0.922. The van der Waals surface area contributed by atoms with Crippen LogP contribution >= 0.6 is 15.6 Å². The van der Waals surface area contributed by atoms with Crippen molar-refractivity contribution in [3.63, 3.8) is 0 Å². The molecule has 1 aromatic rings. The van der Waals surface area contributed by atoms with Crippen molar-refractivity contribution in [3.05, 3.63) is 45.3 Å². The number of unbranched alkanes of at least 4 members (excludes halogenated alkanes) is 1. The van der Waals surface area contributed by atoms with Crippen molar-refractivity contribution in [2.24, 2.45) is 5.16 Å². The topological polar surface area (TPSA) is 336 Å². The molecule has 0 spiro atoms. The summed E-state index contributed by atoms with van der Waals surface area (Å²) in [6.45, 7) is -0.937. The van der Waals surface area contributed by atoms with Gasteiger partial charge in [-0.2, -0.15) is 4.31 Å². The second-order valence-electron chi connectivity index (χ2n) is 10.4. The van der Waals surface area contributed by atoms with Crippen LogP contribution in [0.3, 0.4) is 0 Å². The molecule has 268 valence electrons. The molecule has 1 aromatic heterocycles. The van der Waals surface area contributed by atoms with E-state index in [1.54, 1.807) is 0 Å². The highest BCUT2D eigenvalue weighted by Crippen LogP contribution is 2.61. The van der Waals surface area contributed by atoms with E-state index in [1.165, 1.54) is 0 Å². The molecule has 11 atom stereocenters. The molecular weight excluding hydrogens is 698 g/mol. The van der Waals surface area contributed by atoms with E-state index in [-0.39, 0.29) is 13.2 Å². The van der Waals surface area contributed by atoms with Crippen molar-refractivity contribution in [1.29, 1.82) is 0 Å². The number of aromatic amines is 1. The second kappa shape index (κ2) is 15.7. The van der Waals surface area contributed by atoms with Crippen LogP contribution in [0.2, 0.25) is 0 Å². The van der Waals surface area contributed by atoms with Crippen LogP contribution in [0.1, 0.15) is 19.1 Å². The lowest BCUT2D eigenvalue weighted by Gasteiger charge is -2.38. The third-order valence-corrected chi connectivity index (χ3v) is 9.57. The first-order valence-corrected chi connectivity index (χ1v) is 16.9. The van der Waals surface area contributed by atoms with Crippen molar-refractivity contribution in [1.82, 2.24) is 14.5 Å². The van der Waals surface area contributed by atoms with Crippen molar-refractivity contribution in [2.45, 2.75) is 68.1 Å². The predicted octanol–water partition coefficient (Wildman–Crippen LogP) is -4.08. The number of rotatable bonds is 15. The van der Waals surface area contributed by atoms with Crippen LogP contribution in [0.5, 0.6) is 0 Å². The van der Waals surface area contributed by atoms with Gasteiger partial charge in [-0.15, -0.1) is 0 Å². The molecule has 0 bridgehead atoms. The van der Waals surface area contributed by atoms with Crippen LogP contribution in [0, 0.1) is 0 Å². The first-order chi connectivity index (χ1) is 22.5. The fraction of sp³-hybridized carbons (Fsp3) is 0.609. The fourth-order valence-electron chi connectivity index (χ4n) is 4.52. The van der Waals surface area contributed by atoms with Gasteiger partial charge in [0, 0.05) is 31.0 Å². The number of phosphoric ester groups is 2. The maximum atomic E-state index is 12.5. The molecule has 4 rings (SSSR count). The molecule has 48 heavy (non-hydrogen) atoms. The summed E-state index contributed by atoms with van der Waals surface area (Å²) in [5.41, 5.74) is -1.77. The van der Waals surface area contributed by atoms with Gasteiger partial charge in [0.05, 0.1) is 12.8 Å². The number of aliphatic hydroxyl groups excluding tert-OH is 5. The van der Waals surface area contributed by atoms with Gasteiger partial charge in [-0.25, -0.2) is 13.9 Å². The normalized spacial score (nSPS) is 33.3. The van der Waals surface area contributed by atoms with Gasteiger partial charge in [0.25, 0.3) is 17.4 Å². The maximum Gasteiger partial charge on any atom is 0.483 e. The van der Waals surface area contributed by atoms with Gasteiger partial charge < -0.3 is 49.6 Å². The molecule has 0 aliphatic carbocycles. The number of H-pyrrole nitrogens is 1. The largest absolute Gasteiger partial charge is 0.483 e. The highest BCUT2D eigenvalue weighted by atomic mass is 31.3. The molecule has 2 amide bonds. The van der Waals surface area contributed by atoms with Crippen molar-refractivity contribution in [2.75, 3.05) is 19.8 Å². The van der Waals surface area contributed by atoms with Crippen LogP contribution < -0.4 is 11.2 Å². The van der Waals surface area contributed by atoms with Gasteiger partial charge in [0.2, 0.25) is 0 Å². The van der Waals surface area contributed by atoms with E-state index in [1.807, 2.05) is 4.98 Å². The summed E-state index contributed by atoms with van der Waals surface area (Å²) in [5.74, 6) is -0.880. The smallest absolute Gasteiger partial charge is 0.396 e. The molecule has 0 saturated carbocycles. The maximum absolute atomic E-state index is 12.5. The highest BCUT2D eigenvalue weighted by molar-refractivity contribution is 7.61. The number of aliphatic hydroxyl groups is 5. The highest BCUT2D eigenvalue weighted by Gasteiger charge is 2.49. The van der Waals surface area contributed by atoms with Gasteiger partial charge in [-0.1, -0.05) is 5.16 Å². The van der Waals surface area contributed by atoms with Crippen LogP contribution in [0.4, 0.5) is 0 Å². The molecule has 2 fully saturated rings. The van der Waals surface area contributed by atoms with Gasteiger partial charge >= 0.3 is 21.3 Å². The van der Waals surface area contributed by atoms with Crippen LogP contribution in [0.15, 0.2) is 39.2 Å². The Morgan fingerprint density at radius 2 is 1.58 bits per heavy atom. The van der Waals surface area contributed by atoms with Crippen molar-refractivity contribution < 1.29 is 81.7 Å². The first kappa shape index (κ1) is 37.8. The molecular formula is C23H32N4O19P2. The number of phosphoric acid groups is 2. The van der Waals surface area contributed by atoms with E-state index < -0.39 is 101 Å². The van der Waals surface area contributed by atoms with E-state index in [0.717, 1.165) is 35.5 Å². The zero-order valence-electron chi connectivity index (χ0n) is 24.4. The van der Waals surface area contributed by atoms with Crippen molar-refractivity contribution >= 4 is 33.7 Å². The van der Waals surface area contributed by atoms with Gasteiger partial charge in [0.1, 0.15) is 49.3 Å². The van der Waals surface area contributed by atoms with E-state index >= 15 is 0 Å². The average Bonchev–Trinajstić information content (AvgIpc) is 3.47. The number of oxime groups is 1. The summed E-state index contributed by atoms with van der Waals surface area (Å²) in [4.78, 5) is 74.3. The van der Waals surface area contributed by atoms with Gasteiger partial charge in [0.15, 0.2) is 12.5 Å². The second-order valence-corrected chi connectivity index (χ2v) is 13.4. The monoisotopic (exact) mass is 730 g/mol. The lowest BCUT2D eigenvalue weighted by atomic mass is 10.00. The first-order valence-electron chi connectivity index (χ1n) is 13.9. The predicted molar refractivity (Wildman–Crippen MR) is 151 cm³/mol. The van der Waals surface area contributed by atoms with E-state index in [9.17, 15) is 63.6 Å². The third-order valence-electron chi connectivity index (χ3n) is 6.96. The van der Waals surface area contributed by atoms with Crippen LogP contribution in [0.25, 0.3) is 0 Å². The minimum Gasteiger partial charge on any atom is -0.396 e. The van der Waals surface area contributed by atoms with E-state index in [2.05, 4.69) is 18.5 Å². The van der Waals surface area contributed by atoms with Crippen LogP contribution in [-0.2, 0) is 46.4 Å². The number of imide groups is 1. The summed E-state index contributed by atoms with van der Waals surface area (Å²) < 4.78 is 49.4. The Morgan fingerprint density at radius 3 is 2.25 bits per heavy atom. The number of nitrogens with one attached hydrogen (secondary N) is 1. The summed E-state index contributed by atoms with van der Waals surface area (Å²) in [5, 5.41) is 54.5. The molecule has 3 aliphatic rings. The molecule has 4 heterocycles.